The van der Waals surface area contributed by atoms with Gasteiger partial charge in [-0.15, -0.1) is 10.2 Å². The first-order chi connectivity index (χ1) is 13.0. The number of hydrogen-bond donors (Lipinski definition) is 1. The molecule has 0 saturated carbocycles. The summed E-state index contributed by atoms with van der Waals surface area (Å²) in [5.41, 5.74) is 1.29. The highest BCUT2D eigenvalue weighted by molar-refractivity contribution is 8.00. The van der Waals surface area contributed by atoms with E-state index < -0.39 is 4.92 Å². The average Bonchev–Trinajstić information content (AvgIpc) is 3.13. The van der Waals surface area contributed by atoms with Crippen molar-refractivity contribution in [3.8, 4) is 0 Å². The van der Waals surface area contributed by atoms with Gasteiger partial charge in [0.25, 0.3) is 5.69 Å². The van der Waals surface area contributed by atoms with Crippen molar-refractivity contribution in [1.29, 1.82) is 0 Å². The molecule has 0 aliphatic rings. The summed E-state index contributed by atoms with van der Waals surface area (Å²) in [4.78, 5) is 22.2. The summed E-state index contributed by atoms with van der Waals surface area (Å²) in [6.45, 7) is 0.00900. The number of hydrogen-bond acceptors (Lipinski definition) is 8. The van der Waals surface area contributed by atoms with Gasteiger partial charge >= 0.3 is 0 Å². The van der Waals surface area contributed by atoms with Gasteiger partial charge in [0, 0.05) is 23.4 Å². The van der Waals surface area contributed by atoms with Gasteiger partial charge in [0.15, 0.2) is 10.1 Å². The third-order valence-electron chi connectivity index (χ3n) is 3.48. The molecule has 10 heteroatoms. The summed E-state index contributed by atoms with van der Waals surface area (Å²) < 4.78 is 13.6. The Bertz CT molecular complexity index is 946. The first-order valence-electron chi connectivity index (χ1n) is 7.73. The van der Waals surface area contributed by atoms with Crippen molar-refractivity contribution in [2.75, 3.05) is 11.9 Å². The molecule has 0 atom stereocenters. The molecule has 1 N–H and O–H groups in total. The number of ketones is 1. The number of carbonyl (C=O) groups excluding carboxylic acids is 1. The van der Waals surface area contributed by atoms with Crippen LogP contribution in [0.3, 0.4) is 0 Å². The van der Waals surface area contributed by atoms with Crippen molar-refractivity contribution < 1.29 is 14.1 Å². The second kappa shape index (κ2) is 8.69. The third-order valence-corrected chi connectivity index (χ3v) is 5.57. The topological polar surface area (TPSA) is 98.0 Å². The molecule has 2 aromatic carbocycles. The molecule has 27 heavy (non-hydrogen) atoms. The molecule has 7 nitrogen and oxygen atoms in total. The maximum absolute atomic E-state index is 12.9. The van der Waals surface area contributed by atoms with Crippen LogP contribution in [-0.4, -0.2) is 27.4 Å². The van der Waals surface area contributed by atoms with Crippen LogP contribution in [0.5, 0.6) is 0 Å². The third kappa shape index (κ3) is 5.31. The van der Waals surface area contributed by atoms with Crippen LogP contribution in [0.4, 0.5) is 15.2 Å². The molecule has 0 spiro atoms. The first kappa shape index (κ1) is 18.9. The molecule has 0 aliphatic carbocycles. The van der Waals surface area contributed by atoms with Gasteiger partial charge in [0.05, 0.1) is 11.5 Å². The maximum atomic E-state index is 12.9. The molecule has 0 amide bonds. The van der Waals surface area contributed by atoms with E-state index in [0.717, 1.165) is 9.90 Å². The fourth-order valence-electron chi connectivity index (χ4n) is 2.09. The molecule has 0 radical (unpaired) electrons. The zero-order chi connectivity index (χ0) is 19.2. The quantitative estimate of drug-likeness (QED) is 0.260. The standard InChI is InChI=1S/C17H13FN4O3S2/c18-13-5-1-11(2-6-13)10-26-17-21-20-16(27-17)19-9-15(23)12-3-7-14(8-4-12)22(24)25/h1-8H,9-10H2,(H,19,20). The molecule has 3 rings (SSSR count). The second-order valence-corrected chi connectivity index (χ2v) is 7.57. The summed E-state index contributed by atoms with van der Waals surface area (Å²) >= 11 is 2.78. The van der Waals surface area contributed by atoms with Gasteiger partial charge in [-0.2, -0.15) is 0 Å². The number of nitro groups is 1. The summed E-state index contributed by atoms with van der Waals surface area (Å²) in [5, 5.41) is 22.1. The molecule has 0 fully saturated rings. The lowest BCUT2D eigenvalue weighted by Gasteiger charge is -2.01. The van der Waals surface area contributed by atoms with Crippen molar-refractivity contribution in [2.24, 2.45) is 0 Å². The molecule has 0 saturated heterocycles. The van der Waals surface area contributed by atoms with E-state index in [4.69, 9.17) is 0 Å². The zero-order valence-corrected chi connectivity index (χ0v) is 15.4. The highest BCUT2D eigenvalue weighted by Crippen LogP contribution is 2.28. The van der Waals surface area contributed by atoms with Crippen LogP contribution in [0, 0.1) is 15.9 Å². The van der Waals surface area contributed by atoms with E-state index in [0.29, 0.717) is 16.4 Å². The smallest absolute Gasteiger partial charge is 0.269 e. The maximum Gasteiger partial charge on any atom is 0.269 e. The minimum Gasteiger partial charge on any atom is -0.353 e. The Morgan fingerprint density at radius 3 is 2.52 bits per heavy atom. The number of nitrogens with one attached hydrogen (secondary N) is 1. The number of carbonyl (C=O) groups is 1. The van der Waals surface area contributed by atoms with Crippen LogP contribution in [0.25, 0.3) is 0 Å². The summed E-state index contributed by atoms with van der Waals surface area (Å²) in [6, 6.07) is 11.7. The van der Waals surface area contributed by atoms with Crippen LogP contribution in [0.15, 0.2) is 52.9 Å². The second-order valence-electron chi connectivity index (χ2n) is 5.37. The molecule has 3 aromatic rings. The Morgan fingerprint density at radius 1 is 1.15 bits per heavy atom. The summed E-state index contributed by atoms with van der Waals surface area (Å²) in [6.07, 6.45) is 0. The van der Waals surface area contributed by atoms with Gasteiger partial charge in [0.2, 0.25) is 5.13 Å². The van der Waals surface area contributed by atoms with Crippen molar-refractivity contribution in [1.82, 2.24) is 10.2 Å². The van der Waals surface area contributed by atoms with E-state index in [1.807, 2.05) is 0 Å². The molecular weight excluding hydrogens is 391 g/mol. The lowest BCUT2D eigenvalue weighted by molar-refractivity contribution is -0.384. The minimum absolute atomic E-state index is 0.00900. The highest BCUT2D eigenvalue weighted by Gasteiger charge is 2.11. The Hall–Kier alpha value is -2.85. The van der Waals surface area contributed by atoms with Gasteiger partial charge < -0.3 is 5.32 Å². The van der Waals surface area contributed by atoms with Crippen molar-refractivity contribution in [3.05, 3.63) is 75.6 Å². The minimum atomic E-state index is -0.515. The number of nitro benzene ring substituents is 1. The fourth-order valence-corrected chi connectivity index (χ4v) is 3.80. The molecule has 0 bridgehead atoms. The highest BCUT2D eigenvalue weighted by atomic mass is 32.2. The number of aromatic nitrogens is 2. The number of benzene rings is 2. The van der Waals surface area contributed by atoms with Crippen LogP contribution < -0.4 is 5.32 Å². The van der Waals surface area contributed by atoms with Crippen LogP contribution in [0.1, 0.15) is 15.9 Å². The molecule has 0 unspecified atom stereocenters. The molecule has 1 aromatic heterocycles. The Kier molecular flexibility index (Phi) is 6.09. The lowest BCUT2D eigenvalue weighted by Crippen LogP contribution is -2.13. The predicted octanol–water partition coefficient (Wildman–Crippen LogP) is 4.17. The van der Waals surface area contributed by atoms with Crippen molar-refractivity contribution in [3.63, 3.8) is 0 Å². The van der Waals surface area contributed by atoms with Crippen LogP contribution >= 0.6 is 23.1 Å². The van der Waals surface area contributed by atoms with Gasteiger partial charge in [-0.3, -0.25) is 14.9 Å². The average molecular weight is 404 g/mol. The SMILES string of the molecule is O=C(CNc1nnc(SCc2ccc(F)cc2)s1)c1ccc([N+](=O)[O-])cc1. The predicted molar refractivity (Wildman–Crippen MR) is 102 cm³/mol. The Balaban J connectivity index is 1.50. The van der Waals surface area contributed by atoms with E-state index in [1.54, 1.807) is 12.1 Å². The molecule has 1 heterocycles. The van der Waals surface area contributed by atoms with E-state index >= 15 is 0 Å². The zero-order valence-electron chi connectivity index (χ0n) is 13.8. The number of nitrogens with zero attached hydrogens (tertiary/aromatic N) is 3. The summed E-state index contributed by atoms with van der Waals surface area (Å²) in [7, 11) is 0. The Morgan fingerprint density at radius 2 is 1.85 bits per heavy atom. The fraction of sp³-hybridized carbons (Fsp3) is 0.118. The van der Waals surface area contributed by atoms with Gasteiger partial charge in [0.1, 0.15) is 5.82 Å². The van der Waals surface area contributed by atoms with Crippen LogP contribution in [-0.2, 0) is 5.75 Å². The Labute approximate surface area is 161 Å². The number of rotatable bonds is 8. The van der Waals surface area contributed by atoms with Gasteiger partial charge in [-0.05, 0) is 29.8 Å². The van der Waals surface area contributed by atoms with E-state index in [2.05, 4.69) is 15.5 Å². The number of anilines is 1. The molecular formula is C17H13FN4O3S2. The number of thioether (sulfide) groups is 1. The first-order valence-corrected chi connectivity index (χ1v) is 9.54. The van der Waals surface area contributed by atoms with Crippen molar-refractivity contribution in [2.45, 2.75) is 10.1 Å². The molecule has 138 valence electrons. The van der Waals surface area contributed by atoms with E-state index in [1.165, 1.54) is 59.5 Å². The van der Waals surface area contributed by atoms with E-state index in [-0.39, 0.29) is 23.8 Å². The largest absolute Gasteiger partial charge is 0.353 e. The van der Waals surface area contributed by atoms with E-state index in [9.17, 15) is 19.3 Å². The number of non-ortho nitro benzene ring substituents is 1. The molecule has 0 aliphatic heterocycles. The van der Waals surface area contributed by atoms with Gasteiger partial charge in [-0.25, -0.2) is 4.39 Å². The number of Topliss-reactive ketones (excluding diaryl/α,β-unsaturated/α-hetero) is 1. The summed E-state index contributed by atoms with van der Waals surface area (Å²) in [5.74, 6) is 0.154. The number of halogens is 1. The lowest BCUT2D eigenvalue weighted by atomic mass is 10.1. The monoisotopic (exact) mass is 404 g/mol. The van der Waals surface area contributed by atoms with Crippen molar-refractivity contribution >= 4 is 39.7 Å². The van der Waals surface area contributed by atoms with Gasteiger partial charge in [-0.1, -0.05) is 35.2 Å². The van der Waals surface area contributed by atoms with Crippen LogP contribution in [0.2, 0.25) is 0 Å². The normalized spacial score (nSPS) is 10.6.